The minimum atomic E-state index is -3.71. The molecule has 2 aromatic rings. The van der Waals surface area contributed by atoms with E-state index in [1.165, 1.54) is 10.4 Å². The van der Waals surface area contributed by atoms with Crippen LogP contribution in [0.5, 0.6) is 0 Å². The van der Waals surface area contributed by atoms with Crippen LogP contribution in [0, 0.1) is 25.5 Å². The first kappa shape index (κ1) is 21.0. The summed E-state index contributed by atoms with van der Waals surface area (Å²) in [6, 6.07) is 5.40. The Labute approximate surface area is 158 Å². The summed E-state index contributed by atoms with van der Waals surface area (Å²) in [6.45, 7) is 7.57. The van der Waals surface area contributed by atoms with E-state index in [9.17, 15) is 22.0 Å². The van der Waals surface area contributed by atoms with E-state index in [0.717, 1.165) is 12.1 Å². The predicted molar refractivity (Wildman–Crippen MR) is 100 cm³/mol. The number of carbonyl (C=O) groups is 1. The van der Waals surface area contributed by atoms with Crippen LogP contribution >= 0.6 is 0 Å². The minimum absolute atomic E-state index is 0.0509. The number of nitrogens with one attached hydrogen (secondary N) is 1. The lowest BCUT2D eigenvalue weighted by atomic mass is 10.1. The van der Waals surface area contributed by atoms with Crippen molar-refractivity contribution in [2.45, 2.75) is 32.6 Å². The molecule has 27 heavy (non-hydrogen) atoms. The third-order valence-electron chi connectivity index (χ3n) is 4.36. The lowest BCUT2D eigenvalue weighted by Gasteiger charge is -2.20. The van der Waals surface area contributed by atoms with Gasteiger partial charge >= 0.3 is 0 Å². The smallest absolute Gasteiger partial charge is 0.255 e. The van der Waals surface area contributed by atoms with Crippen LogP contribution in [0.2, 0.25) is 0 Å². The first-order valence-corrected chi connectivity index (χ1v) is 9.93. The molecule has 1 N–H and O–H groups in total. The van der Waals surface area contributed by atoms with E-state index in [4.69, 9.17) is 0 Å². The fourth-order valence-electron chi connectivity index (χ4n) is 2.70. The second-order valence-corrected chi connectivity index (χ2v) is 8.05. The van der Waals surface area contributed by atoms with Crippen LogP contribution in [-0.4, -0.2) is 31.7 Å². The van der Waals surface area contributed by atoms with Gasteiger partial charge in [0.2, 0.25) is 10.0 Å². The highest BCUT2D eigenvalue weighted by molar-refractivity contribution is 7.89. The lowest BCUT2D eigenvalue weighted by molar-refractivity contribution is 0.102. The summed E-state index contributed by atoms with van der Waals surface area (Å²) in [6.07, 6.45) is 0. The molecule has 0 aliphatic rings. The number of halogens is 2. The van der Waals surface area contributed by atoms with Crippen molar-refractivity contribution in [2.75, 3.05) is 18.4 Å². The largest absolute Gasteiger partial charge is 0.322 e. The summed E-state index contributed by atoms with van der Waals surface area (Å²) in [5, 5.41) is 2.55. The zero-order chi connectivity index (χ0) is 20.4. The molecule has 0 bridgehead atoms. The highest BCUT2D eigenvalue weighted by Crippen LogP contribution is 2.27. The van der Waals surface area contributed by atoms with Gasteiger partial charge in [0, 0.05) is 30.4 Å². The van der Waals surface area contributed by atoms with E-state index in [1.807, 2.05) is 0 Å². The highest BCUT2D eigenvalue weighted by atomic mass is 32.2. The Hall–Kier alpha value is -2.32. The van der Waals surface area contributed by atoms with Crippen LogP contribution in [-0.2, 0) is 10.0 Å². The number of hydrogen-bond donors (Lipinski definition) is 1. The molecular weight excluding hydrogens is 374 g/mol. The van der Waals surface area contributed by atoms with E-state index in [1.54, 1.807) is 33.8 Å². The molecule has 0 fully saturated rings. The zero-order valence-corrected chi connectivity index (χ0v) is 16.5. The summed E-state index contributed by atoms with van der Waals surface area (Å²) in [5.74, 6) is -2.47. The fourth-order valence-corrected chi connectivity index (χ4v) is 4.27. The Kier molecular flexibility index (Phi) is 6.33. The molecule has 0 aliphatic carbocycles. The summed E-state index contributed by atoms with van der Waals surface area (Å²) < 4.78 is 53.6. The van der Waals surface area contributed by atoms with Crippen molar-refractivity contribution in [3.8, 4) is 0 Å². The van der Waals surface area contributed by atoms with Crippen molar-refractivity contribution >= 4 is 21.6 Å². The van der Waals surface area contributed by atoms with Gasteiger partial charge in [0.05, 0.1) is 4.90 Å². The predicted octanol–water partition coefficient (Wildman–Crippen LogP) is 3.86. The van der Waals surface area contributed by atoms with Gasteiger partial charge in [0.1, 0.15) is 11.6 Å². The molecule has 0 radical (unpaired) electrons. The van der Waals surface area contributed by atoms with Crippen LogP contribution in [0.25, 0.3) is 0 Å². The summed E-state index contributed by atoms with van der Waals surface area (Å²) in [7, 11) is -3.71. The van der Waals surface area contributed by atoms with Gasteiger partial charge in [0.25, 0.3) is 5.91 Å². The highest BCUT2D eigenvalue weighted by Gasteiger charge is 2.23. The monoisotopic (exact) mass is 396 g/mol. The van der Waals surface area contributed by atoms with E-state index in [2.05, 4.69) is 5.32 Å². The van der Waals surface area contributed by atoms with Crippen LogP contribution in [0.1, 0.15) is 35.3 Å². The molecular formula is C19H22F2N2O3S. The third-order valence-corrected chi connectivity index (χ3v) is 6.38. The molecule has 2 aromatic carbocycles. The molecule has 0 atom stereocenters. The Bertz CT molecular complexity index is 951. The second-order valence-electron chi connectivity index (χ2n) is 6.11. The number of sulfonamides is 1. The Morgan fingerprint density at radius 1 is 1.00 bits per heavy atom. The van der Waals surface area contributed by atoms with Crippen molar-refractivity contribution in [1.82, 2.24) is 4.31 Å². The number of amides is 1. The third kappa shape index (κ3) is 4.51. The van der Waals surface area contributed by atoms with Gasteiger partial charge in [-0.15, -0.1) is 0 Å². The van der Waals surface area contributed by atoms with Crippen molar-refractivity contribution in [2.24, 2.45) is 0 Å². The van der Waals surface area contributed by atoms with E-state index in [0.29, 0.717) is 30.3 Å². The van der Waals surface area contributed by atoms with E-state index in [-0.39, 0.29) is 16.1 Å². The minimum Gasteiger partial charge on any atom is -0.322 e. The van der Waals surface area contributed by atoms with Gasteiger partial charge in [-0.1, -0.05) is 13.8 Å². The molecule has 0 aromatic heterocycles. The number of aryl methyl sites for hydroxylation is 1. The molecule has 0 aliphatic heterocycles. The van der Waals surface area contributed by atoms with Crippen LogP contribution in [0.3, 0.4) is 0 Å². The quantitative estimate of drug-likeness (QED) is 0.806. The van der Waals surface area contributed by atoms with Gasteiger partial charge in [0.15, 0.2) is 0 Å². The molecule has 1 amide bonds. The van der Waals surface area contributed by atoms with Crippen molar-refractivity contribution < 1.29 is 22.0 Å². The molecule has 8 heteroatoms. The van der Waals surface area contributed by atoms with Crippen molar-refractivity contribution in [1.29, 1.82) is 0 Å². The molecule has 146 valence electrons. The SMILES string of the molecule is CCN(CC)S(=O)(=O)c1cc(C)c(C)c(NC(=O)c2cc(F)cc(F)c2)c1. The number of nitrogens with zero attached hydrogens (tertiary/aromatic N) is 1. The van der Waals surface area contributed by atoms with Gasteiger partial charge in [-0.25, -0.2) is 17.2 Å². The Morgan fingerprint density at radius 3 is 2.07 bits per heavy atom. The molecule has 5 nitrogen and oxygen atoms in total. The maximum atomic E-state index is 13.4. The van der Waals surface area contributed by atoms with Crippen LogP contribution < -0.4 is 5.32 Å². The lowest BCUT2D eigenvalue weighted by Crippen LogP contribution is -2.30. The summed E-state index contributed by atoms with van der Waals surface area (Å²) in [4.78, 5) is 12.4. The molecule has 0 saturated heterocycles. The first-order chi connectivity index (χ1) is 12.6. The van der Waals surface area contributed by atoms with E-state index >= 15 is 0 Å². The maximum absolute atomic E-state index is 13.4. The van der Waals surface area contributed by atoms with Crippen molar-refractivity contribution in [3.63, 3.8) is 0 Å². The summed E-state index contributed by atoms with van der Waals surface area (Å²) in [5.41, 5.74) is 1.42. The number of carbonyl (C=O) groups excluding carboxylic acids is 1. The molecule has 0 heterocycles. The topological polar surface area (TPSA) is 66.5 Å². The Morgan fingerprint density at radius 2 is 1.56 bits per heavy atom. The molecule has 0 saturated carbocycles. The summed E-state index contributed by atoms with van der Waals surface area (Å²) >= 11 is 0. The van der Waals surface area contributed by atoms with Crippen molar-refractivity contribution in [3.05, 3.63) is 58.7 Å². The number of rotatable bonds is 6. The number of anilines is 1. The fraction of sp³-hybridized carbons (Fsp3) is 0.316. The number of hydrogen-bond acceptors (Lipinski definition) is 3. The molecule has 0 spiro atoms. The average molecular weight is 396 g/mol. The van der Waals surface area contributed by atoms with Crippen LogP contribution in [0.15, 0.2) is 35.2 Å². The van der Waals surface area contributed by atoms with Gasteiger partial charge < -0.3 is 5.32 Å². The standard InChI is InChI=1S/C19H22F2N2O3S/c1-5-23(6-2)27(25,26)17-7-12(3)13(4)18(11-17)22-19(24)14-8-15(20)10-16(21)9-14/h7-11H,5-6H2,1-4H3,(H,22,24). The Balaban J connectivity index is 2.46. The van der Waals surface area contributed by atoms with Crippen LogP contribution in [0.4, 0.5) is 14.5 Å². The van der Waals surface area contributed by atoms with E-state index < -0.39 is 27.6 Å². The second kappa shape index (κ2) is 8.14. The molecule has 0 unspecified atom stereocenters. The average Bonchev–Trinajstić information content (AvgIpc) is 2.58. The zero-order valence-electron chi connectivity index (χ0n) is 15.6. The van der Waals surface area contributed by atoms with Gasteiger partial charge in [-0.05, 0) is 49.2 Å². The van der Waals surface area contributed by atoms with Gasteiger partial charge in [-0.2, -0.15) is 4.31 Å². The first-order valence-electron chi connectivity index (χ1n) is 8.49. The van der Waals surface area contributed by atoms with Gasteiger partial charge in [-0.3, -0.25) is 4.79 Å². The maximum Gasteiger partial charge on any atom is 0.255 e. The number of benzene rings is 2. The molecule has 2 rings (SSSR count). The normalized spacial score (nSPS) is 11.7.